The van der Waals surface area contributed by atoms with Crippen molar-refractivity contribution in [3.63, 3.8) is 0 Å². The van der Waals surface area contributed by atoms with Gasteiger partial charge in [-0.1, -0.05) is 32.8 Å². The van der Waals surface area contributed by atoms with Crippen LogP contribution in [0.15, 0.2) is 23.2 Å². The number of fused-ring (bicyclic) bond motifs is 1. The van der Waals surface area contributed by atoms with Gasteiger partial charge in [0.05, 0.1) is 6.54 Å². The van der Waals surface area contributed by atoms with Crippen LogP contribution in [0.4, 0.5) is 0 Å². The number of ether oxygens (including phenoxy) is 2. The summed E-state index contributed by atoms with van der Waals surface area (Å²) in [5.74, 6) is 2.82. The summed E-state index contributed by atoms with van der Waals surface area (Å²) in [6.45, 7) is 7.47. The standard InChI is InChI=1S/C17H27N3O2.HI/c1-12(2)5-4-6-13(3)20-17(18)19-10-14-7-8-15-16(9-14)22-11-21-15;/h7-9,12-13H,4-6,10-11H2,1-3H3,(H3,18,19,20);1H. The fourth-order valence-corrected chi connectivity index (χ4v) is 2.42. The lowest BCUT2D eigenvalue weighted by molar-refractivity contribution is 0.174. The Bertz CT molecular complexity index is 521. The Labute approximate surface area is 156 Å². The van der Waals surface area contributed by atoms with Crippen LogP contribution in [0.1, 0.15) is 45.6 Å². The highest BCUT2D eigenvalue weighted by Crippen LogP contribution is 2.32. The van der Waals surface area contributed by atoms with Gasteiger partial charge in [-0.2, -0.15) is 0 Å². The van der Waals surface area contributed by atoms with Crippen molar-refractivity contribution in [1.29, 1.82) is 0 Å². The number of nitrogens with one attached hydrogen (secondary N) is 1. The zero-order valence-corrected chi connectivity index (χ0v) is 16.5. The van der Waals surface area contributed by atoms with Crippen LogP contribution >= 0.6 is 24.0 Å². The molecule has 3 N–H and O–H groups in total. The highest BCUT2D eigenvalue weighted by Gasteiger charge is 2.12. The Kier molecular flexibility index (Phi) is 8.51. The minimum atomic E-state index is 0. The summed E-state index contributed by atoms with van der Waals surface area (Å²) in [5, 5.41) is 3.25. The maximum atomic E-state index is 5.95. The first-order chi connectivity index (χ1) is 10.5. The third kappa shape index (κ3) is 6.85. The maximum Gasteiger partial charge on any atom is 0.231 e. The molecule has 23 heavy (non-hydrogen) atoms. The van der Waals surface area contributed by atoms with Crippen molar-refractivity contribution in [3.8, 4) is 11.5 Å². The van der Waals surface area contributed by atoms with Gasteiger partial charge in [0, 0.05) is 6.04 Å². The minimum absolute atomic E-state index is 0. The summed E-state index contributed by atoms with van der Waals surface area (Å²) in [6.07, 6.45) is 3.57. The topological polar surface area (TPSA) is 68.9 Å². The van der Waals surface area contributed by atoms with Gasteiger partial charge in [-0.15, -0.1) is 24.0 Å². The van der Waals surface area contributed by atoms with Crippen LogP contribution in [0, 0.1) is 5.92 Å². The molecule has 0 aliphatic carbocycles. The second kappa shape index (κ2) is 9.85. The van der Waals surface area contributed by atoms with Gasteiger partial charge in [0.25, 0.3) is 0 Å². The average molecular weight is 433 g/mol. The molecule has 1 unspecified atom stereocenters. The number of benzene rings is 1. The van der Waals surface area contributed by atoms with Crippen molar-refractivity contribution in [2.24, 2.45) is 16.6 Å². The second-order valence-corrected chi connectivity index (χ2v) is 6.26. The number of nitrogens with two attached hydrogens (primary N) is 1. The normalized spacial score (nSPS) is 14.5. The van der Waals surface area contributed by atoms with E-state index in [0.717, 1.165) is 29.4 Å². The monoisotopic (exact) mass is 433 g/mol. The fourth-order valence-electron chi connectivity index (χ4n) is 2.42. The first-order valence-corrected chi connectivity index (χ1v) is 7.99. The van der Waals surface area contributed by atoms with Gasteiger partial charge in [-0.05, 0) is 37.0 Å². The molecule has 0 saturated heterocycles. The van der Waals surface area contributed by atoms with E-state index in [-0.39, 0.29) is 24.0 Å². The molecule has 0 fully saturated rings. The van der Waals surface area contributed by atoms with E-state index >= 15 is 0 Å². The second-order valence-electron chi connectivity index (χ2n) is 6.26. The van der Waals surface area contributed by atoms with Gasteiger partial charge in [0.2, 0.25) is 6.79 Å². The largest absolute Gasteiger partial charge is 0.454 e. The number of guanidine groups is 1. The number of hydrogen-bond donors (Lipinski definition) is 2. The molecular weight excluding hydrogens is 405 g/mol. The molecule has 1 heterocycles. The lowest BCUT2D eigenvalue weighted by atomic mass is 10.0. The first-order valence-electron chi connectivity index (χ1n) is 7.99. The van der Waals surface area contributed by atoms with Crippen molar-refractivity contribution in [3.05, 3.63) is 23.8 Å². The van der Waals surface area contributed by atoms with Gasteiger partial charge in [0.1, 0.15) is 0 Å². The number of hydrogen-bond acceptors (Lipinski definition) is 3. The number of halogens is 1. The van der Waals surface area contributed by atoms with Gasteiger partial charge in [-0.3, -0.25) is 0 Å². The summed E-state index contributed by atoms with van der Waals surface area (Å²) in [5.41, 5.74) is 7.01. The summed E-state index contributed by atoms with van der Waals surface area (Å²) < 4.78 is 10.6. The van der Waals surface area contributed by atoms with Crippen LogP contribution in [0.5, 0.6) is 11.5 Å². The van der Waals surface area contributed by atoms with Crippen LogP contribution in [0.2, 0.25) is 0 Å². The summed E-state index contributed by atoms with van der Waals surface area (Å²) in [4.78, 5) is 4.39. The molecule has 130 valence electrons. The van der Waals surface area contributed by atoms with E-state index in [9.17, 15) is 0 Å². The molecule has 1 atom stereocenters. The van der Waals surface area contributed by atoms with E-state index in [1.54, 1.807) is 0 Å². The molecule has 0 aromatic heterocycles. The molecule has 0 spiro atoms. The molecule has 1 aromatic rings. The molecule has 2 rings (SSSR count). The van der Waals surface area contributed by atoms with Crippen molar-refractivity contribution < 1.29 is 9.47 Å². The van der Waals surface area contributed by atoms with Gasteiger partial charge in [-0.25, -0.2) is 4.99 Å². The van der Waals surface area contributed by atoms with Gasteiger partial charge in [0.15, 0.2) is 17.5 Å². The molecule has 1 aliphatic rings. The number of nitrogens with zero attached hydrogens (tertiary/aromatic N) is 1. The van der Waals surface area contributed by atoms with Crippen molar-refractivity contribution >= 4 is 29.9 Å². The quantitative estimate of drug-likeness (QED) is 0.391. The Morgan fingerprint density at radius 3 is 2.70 bits per heavy atom. The summed E-state index contributed by atoms with van der Waals surface area (Å²) in [7, 11) is 0. The molecule has 1 aliphatic heterocycles. The highest BCUT2D eigenvalue weighted by atomic mass is 127. The lowest BCUT2D eigenvalue weighted by Gasteiger charge is -2.15. The van der Waals surface area contributed by atoms with E-state index in [1.807, 2.05) is 18.2 Å². The zero-order valence-electron chi connectivity index (χ0n) is 14.2. The van der Waals surface area contributed by atoms with Crippen molar-refractivity contribution in [2.45, 2.75) is 52.6 Å². The summed E-state index contributed by atoms with van der Waals surface area (Å²) >= 11 is 0. The molecule has 5 nitrogen and oxygen atoms in total. The smallest absolute Gasteiger partial charge is 0.231 e. The Hall–Kier alpha value is -1.18. The SMILES string of the molecule is CC(C)CCCC(C)NC(N)=NCc1ccc2c(c1)OCO2.I. The highest BCUT2D eigenvalue weighted by molar-refractivity contribution is 14.0. The predicted octanol–water partition coefficient (Wildman–Crippen LogP) is 3.65. The fraction of sp³-hybridized carbons (Fsp3) is 0.588. The van der Waals surface area contributed by atoms with Crippen LogP contribution in [0.3, 0.4) is 0 Å². The minimum Gasteiger partial charge on any atom is -0.454 e. The van der Waals surface area contributed by atoms with E-state index < -0.39 is 0 Å². The van der Waals surface area contributed by atoms with Crippen molar-refractivity contribution in [2.75, 3.05) is 6.79 Å². The zero-order chi connectivity index (χ0) is 15.9. The molecule has 0 radical (unpaired) electrons. The number of rotatable bonds is 7. The Balaban J connectivity index is 0.00000264. The molecule has 0 amide bonds. The predicted molar refractivity (Wildman–Crippen MR) is 105 cm³/mol. The molecule has 0 saturated carbocycles. The number of aliphatic imine (C=N–C) groups is 1. The lowest BCUT2D eigenvalue weighted by Crippen LogP contribution is -2.38. The van der Waals surface area contributed by atoms with Gasteiger partial charge < -0.3 is 20.5 Å². The maximum absolute atomic E-state index is 5.95. The van der Waals surface area contributed by atoms with Crippen LogP contribution < -0.4 is 20.5 Å². The molecule has 0 bridgehead atoms. The third-order valence-corrected chi connectivity index (χ3v) is 3.68. The Morgan fingerprint density at radius 2 is 1.96 bits per heavy atom. The van der Waals surface area contributed by atoms with Crippen LogP contribution in [-0.2, 0) is 6.54 Å². The van der Waals surface area contributed by atoms with E-state index in [1.165, 1.54) is 12.8 Å². The average Bonchev–Trinajstić information content (AvgIpc) is 2.92. The summed E-state index contributed by atoms with van der Waals surface area (Å²) in [6, 6.07) is 6.19. The van der Waals surface area contributed by atoms with E-state index in [2.05, 4.69) is 31.1 Å². The van der Waals surface area contributed by atoms with Crippen LogP contribution in [0.25, 0.3) is 0 Å². The first kappa shape index (κ1) is 19.9. The van der Waals surface area contributed by atoms with Crippen LogP contribution in [-0.4, -0.2) is 18.8 Å². The molecule has 1 aromatic carbocycles. The van der Waals surface area contributed by atoms with Gasteiger partial charge >= 0.3 is 0 Å². The molecular formula is C17H28IN3O2. The van der Waals surface area contributed by atoms with E-state index in [0.29, 0.717) is 25.3 Å². The Morgan fingerprint density at radius 1 is 1.22 bits per heavy atom. The van der Waals surface area contributed by atoms with Crippen molar-refractivity contribution in [1.82, 2.24) is 5.32 Å². The molecule has 6 heteroatoms. The van der Waals surface area contributed by atoms with E-state index in [4.69, 9.17) is 15.2 Å². The third-order valence-electron chi connectivity index (χ3n) is 3.68.